The van der Waals surface area contributed by atoms with Crippen LogP contribution in [0.4, 0.5) is 13.2 Å². The molecule has 0 heterocycles. The van der Waals surface area contributed by atoms with E-state index < -0.39 is 11.7 Å². The molecule has 2 N–H and O–H groups in total. The first-order valence-corrected chi connectivity index (χ1v) is 6.83. The molecular formula is C16H22F3N. The Balaban J connectivity index is 2.89. The summed E-state index contributed by atoms with van der Waals surface area (Å²) in [6.45, 7) is 7.39. The third kappa shape index (κ3) is 5.00. The monoisotopic (exact) mass is 285 g/mol. The van der Waals surface area contributed by atoms with Gasteiger partial charge in [-0.05, 0) is 48.4 Å². The lowest BCUT2D eigenvalue weighted by Gasteiger charge is -2.14. The van der Waals surface area contributed by atoms with E-state index in [2.05, 4.69) is 6.58 Å². The Morgan fingerprint density at radius 2 is 1.90 bits per heavy atom. The molecule has 0 amide bonds. The van der Waals surface area contributed by atoms with Gasteiger partial charge >= 0.3 is 6.18 Å². The zero-order valence-electron chi connectivity index (χ0n) is 12.0. The Hall–Kier alpha value is -1.29. The van der Waals surface area contributed by atoms with Crippen LogP contribution in [0.5, 0.6) is 0 Å². The molecule has 1 rings (SSSR count). The molecule has 0 aliphatic heterocycles. The maximum absolute atomic E-state index is 12.9. The molecule has 4 heteroatoms. The van der Waals surface area contributed by atoms with Crippen LogP contribution in [0.1, 0.15) is 49.3 Å². The molecule has 0 saturated heterocycles. The molecule has 0 fully saturated rings. The van der Waals surface area contributed by atoms with Crippen molar-refractivity contribution in [2.75, 3.05) is 0 Å². The fourth-order valence-electron chi connectivity index (χ4n) is 2.02. The number of aryl methyl sites for hydroxylation is 1. The maximum atomic E-state index is 12.9. The van der Waals surface area contributed by atoms with Crippen molar-refractivity contribution in [1.29, 1.82) is 0 Å². The number of rotatable bonds is 6. The minimum atomic E-state index is -4.29. The molecule has 0 unspecified atom stereocenters. The quantitative estimate of drug-likeness (QED) is 0.755. The molecule has 0 aliphatic carbocycles. The van der Waals surface area contributed by atoms with Crippen molar-refractivity contribution in [3.8, 4) is 0 Å². The highest BCUT2D eigenvalue weighted by Gasteiger charge is 2.31. The number of benzene rings is 1. The first kappa shape index (κ1) is 16.8. The van der Waals surface area contributed by atoms with Crippen LogP contribution in [-0.4, -0.2) is 6.04 Å². The van der Waals surface area contributed by atoms with Crippen molar-refractivity contribution in [1.82, 2.24) is 0 Å². The summed E-state index contributed by atoms with van der Waals surface area (Å²) in [5, 5.41) is 0. The van der Waals surface area contributed by atoms with Gasteiger partial charge in [0.2, 0.25) is 0 Å². The standard InChI is InChI=1S/C16H22F3N/c1-4-15(20)7-5-6-12-8-13(11(2)3)10-14(9-12)16(17,18)19/h4,8-11,15H,1,5-7,20H2,2-3H3/t15-/m0/s1. The summed E-state index contributed by atoms with van der Waals surface area (Å²) in [6, 6.07) is 4.25. The van der Waals surface area contributed by atoms with Gasteiger partial charge in [-0.1, -0.05) is 26.0 Å². The van der Waals surface area contributed by atoms with Gasteiger partial charge in [-0.2, -0.15) is 13.2 Å². The molecule has 0 aliphatic rings. The largest absolute Gasteiger partial charge is 0.416 e. The van der Waals surface area contributed by atoms with E-state index in [1.807, 2.05) is 19.9 Å². The lowest BCUT2D eigenvalue weighted by atomic mass is 9.95. The van der Waals surface area contributed by atoms with Crippen molar-refractivity contribution in [3.05, 3.63) is 47.5 Å². The highest BCUT2D eigenvalue weighted by molar-refractivity contribution is 5.33. The highest BCUT2D eigenvalue weighted by Crippen LogP contribution is 2.32. The maximum Gasteiger partial charge on any atom is 0.416 e. The van der Waals surface area contributed by atoms with E-state index >= 15 is 0 Å². The Morgan fingerprint density at radius 3 is 2.40 bits per heavy atom. The summed E-state index contributed by atoms with van der Waals surface area (Å²) >= 11 is 0. The third-order valence-electron chi connectivity index (χ3n) is 3.31. The SMILES string of the molecule is C=C[C@H](N)CCCc1cc(C(C)C)cc(C(F)(F)F)c1. The van der Waals surface area contributed by atoms with Crippen molar-refractivity contribution >= 4 is 0 Å². The van der Waals surface area contributed by atoms with Crippen LogP contribution in [0.2, 0.25) is 0 Å². The normalized spacial score (nSPS) is 13.6. The summed E-state index contributed by atoms with van der Waals surface area (Å²) in [7, 11) is 0. The Kier molecular flexibility index (Phi) is 5.81. The van der Waals surface area contributed by atoms with E-state index in [1.54, 1.807) is 6.08 Å². The summed E-state index contributed by atoms with van der Waals surface area (Å²) in [5.41, 5.74) is 6.60. The Labute approximate surface area is 118 Å². The van der Waals surface area contributed by atoms with Crippen molar-refractivity contribution in [3.63, 3.8) is 0 Å². The van der Waals surface area contributed by atoms with Gasteiger partial charge < -0.3 is 5.73 Å². The minimum absolute atomic E-state index is 0.0754. The lowest BCUT2D eigenvalue weighted by molar-refractivity contribution is -0.137. The fourth-order valence-corrected chi connectivity index (χ4v) is 2.02. The molecule has 0 radical (unpaired) electrons. The van der Waals surface area contributed by atoms with Crippen LogP contribution in [0.15, 0.2) is 30.9 Å². The van der Waals surface area contributed by atoms with Crippen molar-refractivity contribution in [2.24, 2.45) is 5.73 Å². The summed E-state index contributed by atoms with van der Waals surface area (Å²) in [6.07, 6.45) is -0.545. The summed E-state index contributed by atoms with van der Waals surface area (Å²) in [5.74, 6) is 0.0754. The molecule has 0 aromatic heterocycles. The first-order chi connectivity index (χ1) is 9.24. The molecule has 1 aromatic rings. The average Bonchev–Trinajstić information content (AvgIpc) is 2.37. The fraction of sp³-hybridized carbons (Fsp3) is 0.500. The van der Waals surface area contributed by atoms with Crippen LogP contribution in [-0.2, 0) is 12.6 Å². The van der Waals surface area contributed by atoms with Gasteiger partial charge in [-0.25, -0.2) is 0 Å². The van der Waals surface area contributed by atoms with Gasteiger partial charge in [0.1, 0.15) is 0 Å². The smallest absolute Gasteiger partial charge is 0.324 e. The zero-order valence-corrected chi connectivity index (χ0v) is 12.0. The second-order valence-corrected chi connectivity index (χ2v) is 5.41. The van der Waals surface area contributed by atoms with Crippen LogP contribution in [0.25, 0.3) is 0 Å². The van der Waals surface area contributed by atoms with Crippen molar-refractivity contribution < 1.29 is 13.2 Å². The second-order valence-electron chi connectivity index (χ2n) is 5.41. The molecule has 20 heavy (non-hydrogen) atoms. The van der Waals surface area contributed by atoms with Gasteiger partial charge in [0.25, 0.3) is 0 Å². The Bertz CT molecular complexity index is 450. The van der Waals surface area contributed by atoms with Gasteiger partial charge in [0, 0.05) is 6.04 Å². The molecule has 1 aromatic carbocycles. The topological polar surface area (TPSA) is 26.0 Å². The lowest BCUT2D eigenvalue weighted by Crippen LogP contribution is -2.16. The Morgan fingerprint density at radius 1 is 1.25 bits per heavy atom. The predicted octanol–water partition coefficient (Wildman–Crippen LogP) is 4.66. The summed E-state index contributed by atoms with van der Waals surface area (Å²) in [4.78, 5) is 0. The number of alkyl halides is 3. The molecule has 0 bridgehead atoms. The van der Waals surface area contributed by atoms with Gasteiger partial charge in [0.15, 0.2) is 0 Å². The number of hydrogen-bond acceptors (Lipinski definition) is 1. The van der Waals surface area contributed by atoms with E-state index in [1.165, 1.54) is 12.1 Å². The first-order valence-electron chi connectivity index (χ1n) is 6.83. The molecule has 1 atom stereocenters. The van der Waals surface area contributed by atoms with E-state index in [0.717, 1.165) is 24.0 Å². The molecular weight excluding hydrogens is 263 g/mol. The van der Waals surface area contributed by atoms with E-state index in [9.17, 15) is 13.2 Å². The average molecular weight is 285 g/mol. The molecule has 0 saturated carbocycles. The number of halogens is 3. The minimum Gasteiger partial charge on any atom is -0.324 e. The van der Waals surface area contributed by atoms with Crippen LogP contribution >= 0.6 is 0 Å². The van der Waals surface area contributed by atoms with E-state index in [-0.39, 0.29) is 12.0 Å². The van der Waals surface area contributed by atoms with E-state index in [0.29, 0.717) is 6.42 Å². The summed E-state index contributed by atoms with van der Waals surface area (Å²) < 4.78 is 38.6. The number of hydrogen-bond donors (Lipinski definition) is 1. The van der Waals surface area contributed by atoms with Crippen molar-refractivity contribution in [2.45, 2.75) is 51.2 Å². The molecule has 0 spiro atoms. The molecule has 1 nitrogen and oxygen atoms in total. The molecule has 112 valence electrons. The van der Waals surface area contributed by atoms with Gasteiger partial charge in [0.05, 0.1) is 5.56 Å². The van der Waals surface area contributed by atoms with Gasteiger partial charge in [-0.15, -0.1) is 6.58 Å². The second kappa shape index (κ2) is 6.93. The van der Waals surface area contributed by atoms with Gasteiger partial charge in [-0.3, -0.25) is 0 Å². The highest BCUT2D eigenvalue weighted by atomic mass is 19.4. The number of nitrogens with two attached hydrogens (primary N) is 1. The predicted molar refractivity (Wildman–Crippen MR) is 76.6 cm³/mol. The third-order valence-corrected chi connectivity index (χ3v) is 3.31. The van der Waals surface area contributed by atoms with Crippen LogP contribution in [0.3, 0.4) is 0 Å². The van der Waals surface area contributed by atoms with Crippen LogP contribution < -0.4 is 5.73 Å². The van der Waals surface area contributed by atoms with Crippen LogP contribution in [0, 0.1) is 0 Å². The van der Waals surface area contributed by atoms with E-state index in [4.69, 9.17) is 5.73 Å². The zero-order chi connectivity index (χ0) is 15.3.